The number of hydrogen-bond acceptors (Lipinski definition) is 5. The third-order valence-electron chi connectivity index (χ3n) is 4.89. The van der Waals surface area contributed by atoms with Crippen molar-refractivity contribution in [3.8, 4) is 0 Å². The molecule has 1 saturated heterocycles. The van der Waals surface area contributed by atoms with Crippen LogP contribution in [0.15, 0.2) is 18.3 Å². The van der Waals surface area contributed by atoms with Crippen LogP contribution in [0.1, 0.15) is 42.5 Å². The summed E-state index contributed by atoms with van der Waals surface area (Å²) in [6, 6.07) is 3.58. The van der Waals surface area contributed by atoms with Crippen LogP contribution in [-0.2, 0) is 4.79 Å². The van der Waals surface area contributed by atoms with Crippen molar-refractivity contribution in [2.45, 2.75) is 37.7 Å². The monoisotopic (exact) mass is 346 g/mol. The number of carbonyl (C=O) groups is 2. The zero-order chi connectivity index (χ0) is 17.9. The summed E-state index contributed by atoms with van der Waals surface area (Å²) in [7, 11) is 1.54. The Morgan fingerprint density at radius 2 is 2.20 bits per heavy atom. The molecule has 7 heteroatoms. The lowest BCUT2D eigenvalue weighted by Gasteiger charge is -2.38. The first kappa shape index (κ1) is 17.7. The Kier molecular flexibility index (Phi) is 5.22. The number of rotatable bonds is 6. The first-order chi connectivity index (χ1) is 12.0. The first-order valence-corrected chi connectivity index (χ1v) is 8.91. The maximum absolute atomic E-state index is 12.7. The van der Waals surface area contributed by atoms with E-state index in [1.807, 2.05) is 6.07 Å². The number of hydrogen-bond donors (Lipinski definition) is 3. The first-order valence-electron chi connectivity index (χ1n) is 8.91. The second-order valence-corrected chi connectivity index (χ2v) is 7.16. The number of β-amino-alcohol motifs (C(OH)–C–C–N with tert-alkyl or cyclic N) is 1. The van der Waals surface area contributed by atoms with Gasteiger partial charge in [0.05, 0.1) is 24.1 Å². The maximum atomic E-state index is 12.7. The molecule has 1 aromatic rings. The lowest BCUT2D eigenvalue weighted by molar-refractivity contribution is -0.127. The highest BCUT2D eigenvalue weighted by Crippen LogP contribution is 2.29. The molecule has 1 unspecified atom stereocenters. The molecule has 7 nitrogen and oxygen atoms in total. The van der Waals surface area contributed by atoms with Gasteiger partial charge < -0.3 is 20.6 Å². The van der Waals surface area contributed by atoms with Crippen LogP contribution in [0.3, 0.4) is 0 Å². The summed E-state index contributed by atoms with van der Waals surface area (Å²) in [4.78, 5) is 30.2. The molecule has 2 aliphatic rings. The van der Waals surface area contributed by atoms with Gasteiger partial charge in [-0.15, -0.1) is 0 Å². The Morgan fingerprint density at radius 3 is 2.84 bits per heavy atom. The van der Waals surface area contributed by atoms with Gasteiger partial charge in [-0.25, -0.2) is 4.98 Å². The Labute approximate surface area is 147 Å². The maximum Gasteiger partial charge on any atom is 0.255 e. The molecule has 1 atom stereocenters. The number of amides is 2. The van der Waals surface area contributed by atoms with E-state index < -0.39 is 5.60 Å². The van der Waals surface area contributed by atoms with Gasteiger partial charge in [0.1, 0.15) is 5.82 Å². The standard InChI is InChI=1S/C18H26N4O3/c1-19-16(23)9-18(25)7-2-8-22(12-18)17(24)14-5-6-15(21-11-14)20-10-13-3-4-13/h5-6,11,13,25H,2-4,7-10,12H2,1H3,(H,19,23)(H,20,21). The van der Waals surface area contributed by atoms with Gasteiger partial charge in [-0.2, -0.15) is 0 Å². The molecule has 2 heterocycles. The summed E-state index contributed by atoms with van der Waals surface area (Å²) >= 11 is 0. The zero-order valence-electron chi connectivity index (χ0n) is 14.6. The van der Waals surface area contributed by atoms with Crippen molar-refractivity contribution in [2.24, 2.45) is 5.92 Å². The second kappa shape index (κ2) is 7.39. The molecule has 0 spiro atoms. The van der Waals surface area contributed by atoms with Crippen LogP contribution in [0.4, 0.5) is 5.82 Å². The van der Waals surface area contributed by atoms with Crippen molar-refractivity contribution in [3.63, 3.8) is 0 Å². The van der Waals surface area contributed by atoms with E-state index in [9.17, 15) is 14.7 Å². The Bertz CT molecular complexity index is 630. The second-order valence-electron chi connectivity index (χ2n) is 7.16. The highest BCUT2D eigenvalue weighted by atomic mass is 16.3. The molecule has 25 heavy (non-hydrogen) atoms. The van der Waals surface area contributed by atoms with Gasteiger partial charge >= 0.3 is 0 Å². The Balaban J connectivity index is 1.60. The minimum absolute atomic E-state index is 0.00948. The van der Waals surface area contributed by atoms with Crippen molar-refractivity contribution < 1.29 is 14.7 Å². The molecule has 0 bridgehead atoms. The third kappa shape index (κ3) is 4.69. The fourth-order valence-corrected chi connectivity index (χ4v) is 3.20. The van der Waals surface area contributed by atoms with Crippen LogP contribution in [0.2, 0.25) is 0 Å². The minimum atomic E-state index is -1.16. The quantitative estimate of drug-likeness (QED) is 0.714. The van der Waals surface area contributed by atoms with Crippen LogP contribution in [0, 0.1) is 5.92 Å². The Hall–Kier alpha value is -2.15. The molecule has 0 aromatic carbocycles. The van der Waals surface area contributed by atoms with Gasteiger partial charge in [0.2, 0.25) is 5.91 Å². The number of piperidine rings is 1. The van der Waals surface area contributed by atoms with Crippen molar-refractivity contribution in [1.82, 2.24) is 15.2 Å². The van der Waals surface area contributed by atoms with E-state index in [0.29, 0.717) is 24.9 Å². The minimum Gasteiger partial charge on any atom is -0.388 e. The van der Waals surface area contributed by atoms with Crippen LogP contribution in [0.5, 0.6) is 0 Å². The number of likely N-dealkylation sites (tertiary alicyclic amines) is 1. The fraction of sp³-hybridized carbons (Fsp3) is 0.611. The van der Waals surface area contributed by atoms with E-state index in [1.165, 1.54) is 12.8 Å². The SMILES string of the molecule is CNC(=O)CC1(O)CCCN(C(=O)c2ccc(NCC3CC3)nc2)C1. The lowest BCUT2D eigenvalue weighted by Crippen LogP contribution is -2.52. The fourth-order valence-electron chi connectivity index (χ4n) is 3.20. The van der Waals surface area contributed by atoms with E-state index in [0.717, 1.165) is 18.3 Å². The van der Waals surface area contributed by atoms with Crippen LogP contribution < -0.4 is 10.6 Å². The highest BCUT2D eigenvalue weighted by molar-refractivity contribution is 5.94. The van der Waals surface area contributed by atoms with E-state index in [4.69, 9.17) is 0 Å². The summed E-state index contributed by atoms with van der Waals surface area (Å²) in [5.41, 5.74) is -0.658. The molecule has 2 fully saturated rings. The molecular formula is C18H26N4O3. The zero-order valence-corrected chi connectivity index (χ0v) is 14.6. The highest BCUT2D eigenvalue weighted by Gasteiger charge is 2.37. The average molecular weight is 346 g/mol. The number of carbonyl (C=O) groups excluding carboxylic acids is 2. The summed E-state index contributed by atoms with van der Waals surface area (Å²) in [5.74, 6) is 1.16. The molecule has 0 radical (unpaired) electrons. The molecule has 3 N–H and O–H groups in total. The normalized spacial score (nSPS) is 23.2. The number of aromatic nitrogens is 1. The largest absolute Gasteiger partial charge is 0.388 e. The summed E-state index contributed by atoms with van der Waals surface area (Å²) in [6.07, 6.45) is 5.33. The number of aliphatic hydroxyl groups is 1. The smallest absolute Gasteiger partial charge is 0.255 e. The average Bonchev–Trinajstić information content (AvgIpc) is 3.44. The number of pyridine rings is 1. The van der Waals surface area contributed by atoms with E-state index in [2.05, 4.69) is 15.6 Å². The summed E-state index contributed by atoms with van der Waals surface area (Å²) in [6.45, 7) is 1.68. The van der Waals surface area contributed by atoms with Crippen LogP contribution >= 0.6 is 0 Å². The van der Waals surface area contributed by atoms with Gasteiger partial charge in [0, 0.05) is 26.3 Å². The number of nitrogens with zero attached hydrogens (tertiary/aromatic N) is 2. The molecule has 1 aliphatic heterocycles. The van der Waals surface area contributed by atoms with Gasteiger partial charge in [-0.05, 0) is 43.7 Å². The van der Waals surface area contributed by atoms with E-state index in [1.54, 1.807) is 24.2 Å². The lowest BCUT2D eigenvalue weighted by atomic mass is 9.89. The number of nitrogens with one attached hydrogen (secondary N) is 2. The number of anilines is 1. The molecular weight excluding hydrogens is 320 g/mol. The topological polar surface area (TPSA) is 94.6 Å². The third-order valence-corrected chi connectivity index (χ3v) is 4.89. The van der Waals surface area contributed by atoms with Crippen LogP contribution in [0.25, 0.3) is 0 Å². The predicted molar refractivity (Wildman–Crippen MR) is 94.2 cm³/mol. The molecule has 1 saturated carbocycles. The van der Waals surface area contributed by atoms with E-state index >= 15 is 0 Å². The van der Waals surface area contributed by atoms with Crippen molar-refractivity contribution in [3.05, 3.63) is 23.9 Å². The van der Waals surface area contributed by atoms with Crippen molar-refractivity contribution in [2.75, 3.05) is 32.0 Å². The van der Waals surface area contributed by atoms with Crippen molar-refractivity contribution >= 4 is 17.6 Å². The Morgan fingerprint density at radius 1 is 1.40 bits per heavy atom. The van der Waals surface area contributed by atoms with Crippen molar-refractivity contribution in [1.29, 1.82) is 0 Å². The van der Waals surface area contributed by atoms with Gasteiger partial charge in [0.15, 0.2) is 0 Å². The predicted octanol–water partition coefficient (Wildman–Crippen LogP) is 1.01. The van der Waals surface area contributed by atoms with Gasteiger partial charge in [-0.3, -0.25) is 9.59 Å². The molecule has 1 aromatic heterocycles. The summed E-state index contributed by atoms with van der Waals surface area (Å²) < 4.78 is 0. The summed E-state index contributed by atoms with van der Waals surface area (Å²) in [5, 5.41) is 16.4. The molecule has 1 aliphatic carbocycles. The molecule has 2 amide bonds. The van der Waals surface area contributed by atoms with Crippen LogP contribution in [-0.4, -0.2) is 59.1 Å². The van der Waals surface area contributed by atoms with Gasteiger partial charge in [-0.1, -0.05) is 0 Å². The molecule has 136 valence electrons. The van der Waals surface area contributed by atoms with E-state index in [-0.39, 0.29) is 24.8 Å². The molecule has 3 rings (SSSR count). The van der Waals surface area contributed by atoms with Gasteiger partial charge in [0.25, 0.3) is 5.91 Å².